The number of hydrogen-bond acceptors (Lipinski definition) is 1. The third kappa shape index (κ3) is 1.99. The van der Waals surface area contributed by atoms with Crippen LogP contribution in [0.2, 0.25) is 0 Å². The van der Waals surface area contributed by atoms with E-state index in [-0.39, 0.29) is 5.91 Å². The van der Waals surface area contributed by atoms with Crippen LogP contribution in [-0.2, 0) is 7.05 Å². The van der Waals surface area contributed by atoms with Crippen molar-refractivity contribution >= 4 is 5.91 Å². The summed E-state index contributed by atoms with van der Waals surface area (Å²) >= 11 is 0. The fourth-order valence-corrected chi connectivity index (χ4v) is 2.52. The van der Waals surface area contributed by atoms with Crippen molar-refractivity contribution in [3.63, 3.8) is 0 Å². The van der Waals surface area contributed by atoms with Crippen LogP contribution in [0.5, 0.6) is 0 Å². The molecular weight excluding hydrogens is 200 g/mol. The summed E-state index contributed by atoms with van der Waals surface area (Å²) in [5.74, 6) is 0.194. The SMILES string of the molecule is CCC1CCCCN1C(=O)c1cccn1C. The van der Waals surface area contributed by atoms with Crippen molar-refractivity contribution in [2.24, 2.45) is 7.05 Å². The van der Waals surface area contributed by atoms with Crippen LogP contribution in [0.25, 0.3) is 0 Å². The van der Waals surface area contributed by atoms with E-state index in [2.05, 4.69) is 11.8 Å². The minimum atomic E-state index is 0.194. The van der Waals surface area contributed by atoms with Gasteiger partial charge in [-0.05, 0) is 37.8 Å². The molecule has 1 aromatic rings. The van der Waals surface area contributed by atoms with Gasteiger partial charge in [-0.25, -0.2) is 0 Å². The highest BCUT2D eigenvalue weighted by molar-refractivity contribution is 5.93. The van der Waals surface area contributed by atoms with Crippen LogP contribution in [0.15, 0.2) is 18.3 Å². The normalized spacial score (nSPS) is 21.1. The van der Waals surface area contributed by atoms with Gasteiger partial charge in [-0.1, -0.05) is 6.92 Å². The number of aromatic nitrogens is 1. The molecule has 16 heavy (non-hydrogen) atoms. The van der Waals surface area contributed by atoms with E-state index >= 15 is 0 Å². The van der Waals surface area contributed by atoms with Crippen LogP contribution < -0.4 is 0 Å². The molecule has 1 atom stereocenters. The maximum atomic E-state index is 12.4. The number of amides is 1. The van der Waals surface area contributed by atoms with Crippen molar-refractivity contribution < 1.29 is 4.79 Å². The first-order chi connectivity index (χ1) is 7.74. The molecule has 2 rings (SSSR count). The molecule has 0 radical (unpaired) electrons. The van der Waals surface area contributed by atoms with Gasteiger partial charge >= 0.3 is 0 Å². The fourth-order valence-electron chi connectivity index (χ4n) is 2.52. The predicted molar refractivity (Wildman–Crippen MR) is 64.4 cm³/mol. The first kappa shape index (κ1) is 11.2. The highest BCUT2D eigenvalue weighted by Gasteiger charge is 2.26. The van der Waals surface area contributed by atoms with Gasteiger partial charge in [0, 0.05) is 25.8 Å². The van der Waals surface area contributed by atoms with E-state index < -0.39 is 0 Å². The van der Waals surface area contributed by atoms with E-state index in [9.17, 15) is 4.79 Å². The van der Waals surface area contributed by atoms with Gasteiger partial charge < -0.3 is 9.47 Å². The molecule has 3 nitrogen and oxygen atoms in total. The van der Waals surface area contributed by atoms with Gasteiger partial charge in [-0.3, -0.25) is 4.79 Å². The second kappa shape index (κ2) is 4.73. The number of piperidine rings is 1. The topological polar surface area (TPSA) is 25.2 Å². The van der Waals surface area contributed by atoms with E-state index in [4.69, 9.17) is 0 Å². The Balaban J connectivity index is 2.17. The highest BCUT2D eigenvalue weighted by atomic mass is 16.2. The molecule has 0 aliphatic carbocycles. The lowest BCUT2D eigenvalue weighted by Crippen LogP contribution is -2.43. The zero-order valence-electron chi connectivity index (χ0n) is 10.1. The number of carbonyl (C=O) groups excluding carboxylic acids is 1. The number of carbonyl (C=O) groups is 1. The summed E-state index contributed by atoms with van der Waals surface area (Å²) in [7, 11) is 1.93. The van der Waals surface area contributed by atoms with E-state index in [1.54, 1.807) is 0 Å². The number of aryl methyl sites for hydroxylation is 1. The molecular formula is C13H20N2O. The number of hydrogen-bond donors (Lipinski definition) is 0. The quantitative estimate of drug-likeness (QED) is 0.751. The van der Waals surface area contributed by atoms with Gasteiger partial charge in [-0.15, -0.1) is 0 Å². The lowest BCUT2D eigenvalue weighted by Gasteiger charge is -2.35. The fraction of sp³-hybridized carbons (Fsp3) is 0.615. The molecule has 1 amide bonds. The van der Waals surface area contributed by atoms with Crippen LogP contribution in [0.3, 0.4) is 0 Å². The summed E-state index contributed by atoms with van der Waals surface area (Å²) < 4.78 is 1.91. The standard InChI is InChI=1S/C13H20N2O/c1-3-11-7-4-5-10-15(11)13(16)12-8-6-9-14(12)2/h6,8-9,11H,3-5,7,10H2,1-2H3. The number of rotatable bonds is 2. The molecule has 1 aliphatic rings. The molecule has 0 N–H and O–H groups in total. The van der Waals surface area contributed by atoms with E-state index in [1.807, 2.05) is 29.9 Å². The highest BCUT2D eigenvalue weighted by Crippen LogP contribution is 2.21. The van der Waals surface area contributed by atoms with Crippen LogP contribution >= 0.6 is 0 Å². The Morgan fingerprint density at radius 1 is 1.50 bits per heavy atom. The van der Waals surface area contributed by atoms with Gasteiger partial charge in [0.25, 0.3) is 5.91 Å². The third-order valence-electron chi connectivity index (χ3n) is 3.52. The van der Waals surface area contributed by atoms with Gasteiger partial charge in [0.15, 0.2) is 0 Å². The van der Waals surface area contributed by atoms with Crippen LogP contribution in [0.1, 0.15) is 43.1 Å². The van der Waals surface area contributed by atoms with Crippen LogP contribution in [-0.4, -0.2) is 28.0 Å². The summed E-state index contributed by atoms with van der Waals surface area (Å²) in [6.45, 7) is 3.09. The smallest absolute Gasteiger partial charge is 0.270 e. The maximum absolute atomic E-state index is 12.4. The van der Waals surface area contributed by atoms with Crippen molar-refractivity contribution in [2.45, 2.75) is 38.6 Å². The van der Waals surface area contributed by atoms with Gasteiger partial charge in [0.2, 0.25) is 0 Å². The molecule has 1 aromatic heterocycles. The summed E-state index contributed by atoms with van der Waals surface area (Å²) in [5, 5.41) is 0. The Bertz CT molecular complexity index is 370. The summed E-state index contributed by atoms with van der Waals surface area (Å²) in [6.07, 6.45) is 6.56. The number of nitrogens with zero attached hydrogens (tertiary/aromatic N) is 2. The van der Waals surface area contributed by atoms with Crippen molar-refractivity contribution in [1.82, 2.24) is 9.47 Å². The molecule has 1 aliphatic heterocycles. The maximum Gasteiger partial charge on any atom is 0.270 e. The second-order valence-electron chi connectivity index (χ2n) is 4.56. The Labute approximate surface area is 97.1 Å². The Kier molecular flexibility index (Phi) is 3.32. The van der Waals surface area contributed by atoms with Gasteiger partial charge in [0.05, 0.1) is 0 Å². The largest absolute Gasteiger partial charge is 0.347 e. The van der Waals surface area contributed by atoms with Crippen LogP contribution in [0, 0.1) is 0 Å². The lowest BCUT2D eigenvalue weighted by atomic mass is 9.99. The minimum absolute atomic E-state index is 0.194. The summed E-state index contributed by atoms with van der Waals surface area (Å²) in [4.78, 5) is 14.4. The van der Waals surface area contributed by atoms with Crippen LogP contribution in [0.4, 0.5) is 0 Å². The van der Waals surface area contributed by atoms with Gasteiger partial charge in [0.1, 0.15) is 5.69 Å². The first-order valence-electron chi connectivity index (χ1n) is 6.16. The Morgan fingerprint density at radius 3 is 2.94 bits per heavy atom. The third-order valence-corrected chi connectivity index (χ3v) is 3.52. The van der Waals surface area contributed by atoms with Gasteiger partial charge in [-0.2, -0.15) is 0 Å². The zero-order valence-corrected chi connectivity index (χ0v) is 10.1. The Hall–Kier alpha value is -1.25. The summed E-state index contributed by atoms with van der Waals surface area (Å²) in [5.41, 5.74) is 0.806. The molecule has 2 heterocycles. The average molecular weight is 220 g/mol. The van der Waals surface area contributed by atoms with Crippen molar-refractivity contribution in [2.75, 3.05) is 6.54 Å². The first-order valence-corrected chi connectivity index (χ1v) is 6.16. The molecule has 3 heteroatoms. The number of likely N-dealkylation sites (tertiary alicyclic amines) is 1. The van der Waals surface area contributed by atoms with Crippen molar-refractivity contribution in [3.05, 3.63) is 24.0 Å². The predicted octanol–water partition coefficient (Wildman–Crippen LogP) is 2.43. The van der Waals surface area contributed by atoms with E-state index in [0.717, 1.165) is 31.5 Å². The molecule has 0 spiro atoms. The average Bonchev–Trinajstić information content (AvgIpc) is 2.74. The molecule has 88 valence electrons. The molecule has 1 fully saturated rings. The lowest BCUT2D eigenvalue weighted by molar-refractivity contribution is 0.0598. The zero-order chi connectivity index (χ0) is 11.5. The molecule has 0 saturated carbocycles. The second-order valence-corrected chi connectivity index (χ2v) is 4.56. The summed E-state index contributed by atoms with van der Waals surface area (Å²) in [6, 6.07) is 4.28. The monoisotopic (exact) mass is 220 g/mol. The minimum Gasteiger partial charge on any atom is -0.347 e. The van der Waals surface area contributed by atoms with Crippen molar-refractivity contribution in [3.8, 4) is 0 Å². The Morgan fingerprint density at radius 2 is 2.31 bits per heavy atom. The molecule has 1 unspecified atom stereocenters. The molecule has 0 aromatic carbocycles. The van der Waals surface area contributed by atoms with E-state index in [0.29, 0.717) is 6.04 Å². The van der Waals surface area contributed by atoms with E-state index in [1.165, 1.54) is 6.42 Å². The molecule has 1 saturated heterocycles. The molecule has 0 bridgehead atoms. The van der Waals surface area contributed by atoms with Crippen molar-refractivity contribution in [1.29, 1.82) is 0 Å².